The Hall–Kier alpha value is -1.51. The molecule has 0 saturated heterocycles. The number of hydrogen-bond acceptors (Lipinski definition) is 2. The number of imidazole rings is 1. The second-order valence-electron chi connectivity index (χ2n) is 4.41. The molecule has 15 heavy (non-hydrogen) atoms. The predicted molar refractivity (Wildman–Crippen MR) is 61.6 cm³/mol. The zero-order valence-corrected chi connectivity index (χ0v) is 8.85. The van der Waals surface area contributed by atoms with Gasteiger partial charge in [-0.25, -0.2) is 4.98 Å². The summed E-state index contributed by atoms with van der Waals surface area (Å²) >= 11 is 0. The number of rotatable bonds is 2. The summed E-state index contributed by atoms with van der Waals surface area (Å²) < 4.78 is 2.17. The van der Waals surface area contributed by atoms with E-state index >= 15 is 0 Å². The van der Waals surface area contributed by atoms with Crippen LogP contribution >= 0.6 is 0 Å². The lowest BCUT2D eigenvalue weighted by Crippen LogP contribution is -2.10. The predicted octanol–water partition coefficient (Wildman–Crippen LogP) is 2.59. The fourth-order valence-corrected chi connectivity index (χ4v) is 2.28. The zero-order chi connectivity index (χ0) is 10.4. The minimum atomic E-state index is 0.484. The number of nitrogens with zero attached hydrogens (tertiary/aromatic N) is 2. The molecule has 1 atom stereocenters. The SMILES string of the molecule is CC(C1CC1)n1c(N)nc2ccccc21. The van der Waals surface area contributed by atoms with Gasteiger partial charge in [-0.05, 0) is 37.8 Å². The van der Waals surface area contributed by atoms with E-state index < -0.39 is 0 Å². The molecule has 1 aromatic heterocycles. The Morgan fingerprint density at radius 3 is 2.87 bits per heavy atom. The Bertz CT molecular complexity index is 497. The largest absolute Gasteiger partial charge is 0.369 e. The second-order valence-corrected chi connectivity index (χ2v) is 4.41. The maximum absolute atomic E-state index is 5.97. The van der Waals surface area contributed by atoms with Crippen molar-refractivity contribution < 1.29 is 0 Å². The van der Waals surface area contributed by atoms with E-state index in [4.69, 9.17) is 5.73 Å². The highest BCUT2D eigenvalue weighted by Crippen LogP contribution is 2.41. The van der Waals surface area contributed by atoms with Crippen molar-refractivity contribution in [3.05, 3.63) is 24.3 Å². The van der Waals surface area contributed by atoms with Gasteiger partial charge in [0.2, 0.25) is 5.95 Å². The molecular formula is C12H15N3. The van der Waals surface area contributed by atoms with Gasteiger partial charge in [0, 0.05) is 6.04 Å². The number of nitrogen functional groups attached to an aromatic ring is 1. The summed E-state index contributed by atoms with van der Waals surface area (Å²) in [5.41, 5.74) is 8.14. The number of nitrogens with two attached hydrogens (primary N) is 1. The number of benzene rings is 1. The monoisotopic (exact) mass is 201 g/mol. The van der Waals surface area contributed by atoms with Crippen LogP contribution in [0.4, 0.5) is 5.95 Å². The first-order valence-corrected chi connectivity index (χ1v) is 5.50. The molecule has 0 radical (unpaired) electrons. The van der Waals surface area contributed by atoms with Crippen molar-refractivity contribution in [2.45, 2.75) is 25.8 Å². The Kier molecular flexibility index (Phi) is 1.75. The quantitative estimate of drug-likeness (QED) is 0.811. The van der Waals surface area contributed by atoms with Crippen LogP contribution in [0.15, 0.2) is 24.3 Å². The lowest BCUT2D eigenvalue weighted by atomic mass is 10.2. The van der Waals surface area contributed by atoms with Gasteiger partial charge in [-0.15, -0.1) is 0 Å². The highest BCUT2D eigenvalue weighted by atomic mass is 15.2. The van der Waals surface area contributed by atoms with Crippen LogP contribution < -0.4 is 5.73 Å². The highest BCUT2D eigenvalue weighted by Gasteiger charge is 2.30. The molecular weight excluding hydrogens is 186 g/mol. The van der Waals surface area contributed by atoms with Crippen molar-refractivity contribution in [1.82, 2.24) is 9.55 Å². The average molecular weight is 201 g/mol. The third-order valence-electron chi connectivity index (χ3n) is 3.33. The number of fused-ring (bicyclic) bond motifs is 1. The van der Waals surface area contributed by atoms with Gasteiger partial charge in [0.05, 0.1) is 11.0 Å². The van der Waals surface area contributed by atoms with Crippen LogP contribution in [0.5, 0.6) is 0 Å². The molecule has 3 heteroatoms. The number of aromatic nitrogens is 2. The van der Waals surface area contributed by atoms with E-state index in [1.54, 1.807) is 0 Å². The third-order valence-corrected chi connectivity index (χ3v) is 3.33. The van der Waals surface area contributed by atoms with Gasteiger partial charge in [0.1, 0.15) is 0 Å². The molecule has 3 nitrogen and oxygen atoms in total. The van der Waals surface area contributed by atoms with Gasteiger partial charge in [0.15, 0.2) is 0 Å². The Balaban J connectivity index is 2.18. The summed E-state index contributed by atoms with van der Waals surface area (Å²) in [5.74, 6) is 1.44. The maximum Gasteiger partial charge on any atom is 0.201 e. The number of para-hydroxylation sites is 2. The van der Waals surface area contributed by atoms with Crippen LogP contribution in [0.2, 0.25) is 0 Å². The smallest absolute Gasteiger partial charge is 0.201 e. The molecule has 2 aromatic rings. The summed E-state index contributed by atoms with van der Waals surface area (Å²) in [6.07, 6.45) is 2.65. The average Bonchev–Trinajstić information content (AvgIpc) is 3.00. The molecule has 2 N–H and O–H groups in total. The minimum absolute atomic E-state index is 0.484. The summed E-state index contributed by atoms with van der Waals surface area (Å²) in [7, 11) is 0. The Morgan fingerprint density at radius 1 is 1.40 bits per heavy atom. The number of hydrogen-bond donors (Lipinski definition) is 1. The van der Waals surface area contributed by atoms with Crippen LogP contribution in [-0.2, 0) is 0 Å². The Morgan fingerprint density at radius 2 is 2.13 bits per heavy atom. The van der Waals surface area contributed by atoms with Gasteiger partial charge >= 0.3 is 0 Å². The van der Waals surface area contributed by atoms with Crippen molar-refractivity contribution >= 4 is 17.0 Å². The van der Waals surface area contributed by atoms with Crippen molar-refractivity contribution in [3.63, 3.8) is 0 Å². The van der Waals surface area contributed by atoms with Crippen LogP contribution in [0, 0.1) is 5.92 Å². The van der Waals surface area contributed by atoms with Gasteiger partial charge in [-0.3, -0.25) is 0 Å². The van der Waals surface area contributed by atoms with Gasteiger partial charge < -0.3 is 10.3 Å². The van der Waals surface area contributed by atoms with E-state index in [2.05, 4.69) is 22.5 Å². The summed E-state index contributed by atoms with van der Waals surface area (Å²) in [6.45, 7) is 2.24. The summed E-state index contributed by atoms with van der Waals surface area (Å²) in [5, 5.41) is 0. The van der Waals surface area contributed by atoms with E-state index in [0.717, 1.165) is 17.0 Å². The summed E-state index contributed by atoms with van der Waals surface area (Å²) in [6, 6.07) is 8.64. The first-order valence-electron chi connectivity index (χ1n) is 5.50. The molecule has 0 spiro atoms. The maximum atomic E-state index is 5.97. The van der Waals surface area contributed by atoms with Crippen LogP contribution in [0.25, 0.3) is 11.0 Å². The molecule has 0 bridgehead atoms. The van der Waals surface area contributed by atoms with Crippen molar-refractivity contribution in [3.8, 4) is 0 Å². The molecule has 1 aliphatic rings. The molecule has 0 amide bonds. The van der Waals surface area contributed by atoms with Crippen LogP contribution in [-0.4, -0.2) is 9.55 Å². The molecule has 1 aliphatic carbocycles. The second kappa shape index (κ2) is 2.99. The lowest BCUT2D eigenvalue weighted by Gasteiger charge is -2.14. The minimum Gasteiger partial charge on any atom is -0.369 e. The fraction of sp³-hybridized carbons (Fsp3) is 0.417. The third kappa shape index (κ3) is 1.30. The van der Waals surface area contributed by atoms with Crippen molar-refractivity contribution in [2.75, 3.05) is 5.73 Å². The molecule has 1 aromatic carbocycles. The van der Waals surface area contributed by atoms with E-state index in [1.807, 2.05) is 18.2 Å². The Labute approximate surface area is 88.9 Å². The van der Waals surface area contributed by atoms with Crippen molar-refractivity contribution in [2.24, 2.45) is 5.92 Å². The molecule has 1 saturated carbocycles. The fourth-order valence-electron chi connectivity index (χ4n) is 2.28. The van der Waals surface area contributed by atoms with Gasteiger partial charge in [-0.2, -0.15) is 0 Å². The van der Waals surface area contributed by atoms with Gasteiger partial charge in [-0.1, -0.05) is 12.1 Å². The summed E-state index contributed by atoms with van der Waals surface area (Å²) in [4.78, 5) is 4.39. The van der Waals surface area contributed by atoms with Gasteiger partial charge in [0.25, 0.3) is 0 Å². The van der Waals surface area contributed by atoms with Crippen molar-refractivity contribution in [1.29, 1.82) is 0 Å². The van der Waals surface area contributed by atoms with E-state index in [1.165, 1.54) is 12.8 Å². The zero-order valence-electron chi connectivity index (χ0n) is 8.85. The topological polar surface area (TPSA) is 43.8 Å². The molecule has 3 rings (SSSR count). The highest BCUT2D eigenvalue weighted by molar-refractivity contribution is 5.78. The molecule has 1 unspecified atom stereocenters. The van der Waals surface area contributed by atoms with Crippen LogP contribution in [0.1, 0.15) is 25.8 Å². The molecule has 78 valence electrons. The molecule has 0 aliphatic heterocycles. The number of anilines is 1. The van der Waals surface area contributed by atoms with Crippen LogP contribution in [0.3, 0.4) is 0 Å². The lowest BCUT2D eigenvalue weighted by molar-refractivity contribution is 0.504. The van der Waals surface area contributed by atoms with E-state index in [9.17, 15) is 0 Å². The van der Waals surface area contributed by atoms with E-state index in [0.29, 0.717) is 12.0 Å². The molecule has 1 heterocycles. The van der Waals surface area contributed by atoms with E-state index in [-0.39, 0.29) is 0 Å². The standard InChI is InChI=1S/C12H15N3/c1-8(9-6-7-9)15-11-5-3-2-4-10(11)14-12(15)13/h2-5,8-9H,6-7H2,1H3,(H2,13,14). The first kappa shape index (κ1) is 8.77. The first-order chi connectivity index (χ1) is 7.27. The molecule has 1 fully saturated rings. The normalized spacial score (nSPS) is 18.2.